The van der Waals surface area contributed by atoms with Gasteiger partial charge in [0.2, 0.25) is 5.91 Å². The summed E-state index contributed by atoms with van der Waals surface area (Å²) in [5, 5.41) is 11.8. The highest BCUT2D eigenvalue weighted by Crippen LogP contribution is 2.12. The largest absolute Gasteiger partial charge is 0.497 e. The average Bonchev–Trinajstić information content (AvgIpc) is 2.60. The summed E-state index contributed by atoms with van der Waals surface area (Å²) in [6.07, 6.45) is 3.18. The monoisotopic (exact) mass is 325 g/mol. The van der Waals surface area contributed by atoms with Crippen molar-refractivity contribution >= 4 is 18.0 Å². The van der Waals surface area contributed by atoms with E-state index in [0.29, 0.717) is 0 Å². The number of carbonyl (C=O) groups is 2. The summed E-state index contributed by atoms with van der Waals surface area (Å²) >= 11 is 0. The zero-order chi connectivity index (χ0) is 17.4. The van der Waals surface area contributed by atoms with Crippen LogP contribution in [0.1, 0.15) is 11.1 Å². The van der Waals surface area contributed by atoms with Gasteiger partial charge in [0.15, 0.2) is 0 Å². The number of methoxy groups -OCH3 is 1. The molecule has 0 saturated heterocycles. The minimum atomic E-state index is -1.06. The number of nitrogens with one attached hydrogen (secondary N) is 1. The molecule has 2 rings (SSSR count). The number of aliphatic carboxylic acids is 1. The maximum Gasteiger partial charge on any atom is 0.326 e. The van der Waals surface area contributed by atoms with Crippen LogP contribution in [0.3, 0.4) is 0 Å². The number of amides is 1. The highest BCUT2D eigenvalue weighted by atomic mass is 16.5. The predicted molar refractivity (Wildman–Crippen MR) is 91.7 cm³/mol. The Balaban J connectivity index is 1.97. The van der Waals surface area contributed by atoms with Crippen molar-refractivity contribution in [2.75, 3.05) is 7.11 Å². The molecule has 5 nitrogen and oxygen atoms in total. The zero-order valence-corrected chi connectivity index (χ0v) is 13.3. The van der Waals surface area contributed by atoms with Gasteiger partial charge in [-0.25, -0.2) is 4.79 Å². The van der Waals surface area contributed by atoms with Gasteiger partial charge in [0, 0.05) is 12.5 Å². The molecule has 0 spiro atoms. The van der Waals surface area contributed by atoms with E-state index in [9.17, 15) is 14.7 Å². The van der Waals surface area contributed by atoms with Gasteiger partial charge in [-0.3, -0.25) is 4.79 Å². The molecule has 0 saturated carbocycles. The lowest BCUT2D eigenvalue weighted by Gasteiger charge is -2.13. The van der Waals surface area contributed by atoms with Crippen molar-refractivity contribution in [3.63, 3.8) is 0 Å². The number of hydrogen-bond donors (Lipinski definition) is 2. The van der Waals surface area contributed by atoms with Crippen molar-refractivity contribution in [2.45, 2.75) is 12.5 Å². The van der Waals surface area contributed by atoms with Gasteiger partial charge < -0.3 is 15.2 Å². The second kappa shape index (κ2) is 8.53. The SMILES string of the molecule is COc1ccc(/C=C/C(=O)N[C@@H](Cc2ccccc2)C(=O)O)cc1. The highest BCUT2D eigenvalue weighted by Gasteiger charge is 2.19. The van der Waals surface area contributed by atoms with Crippen LogP contribution >= 0.6 is 0 Å². The molecule has 0 unspecified atom stereocenters. The molecular formula is C19H19NO4. The Kier molecular flexibility index (Phi) is 6.14. The molecule has 1 atom stereocenters. The molecule has 0 aliphatic heterocycles. The Morgan fingerprint density at radius 3 is 2.38 bits per heavy atom. The summed E-state index contributed by atoms with van der Waals surface area (Å²) in [5.41, 5.74) is 1.67. The zero-order valence-electron chi connectivity index (χ0n) is 13.3. The number of rotatable bonds is 7. The van der Waals surface area contributed by atoms with Crippen LogP contribution in [-0.4, -0.2) is 30.1 Å². The summed E-state index contributed by atoms with van der Waals surface area (Å²) in [5.74, 6) is -0.787. The molecule has 5 heteroatoms. The van der Waals surface area contributed by atoms with E-state index < -0.39 is 17.9 Å². The van der Waals surface area contributed by atoms with Crippen LogP contribution in [0.25, 0.3) is 6.08 Å². The summed E-state index contributed by atoms with van der Waals surface area (Å²) in [6.45, 7) is 0. The van der Waals surface area contributed by atoms with Gasteiger partial charge in [0.1, 0.15) is 11.8 Å². The molecule has 0 heterocycles. The number of hydrogen-bond acceptors (Lipinski definition) is 3. The molecule has 0 aromatic heterocycles. The molecule has 2 aromatic rings. The maximum absolute atomic E-state index is 12.0. The minimum absolute atomic E-state index is 0.234. The number of carboxylic acids is 1. The normalized spacial score (nSPS) is 11.9. The van der Waals surface area contributed by atoms with E-state index in [-0.39, 0.29) is 6.42 Å². The quantitative estimate of drug-likeness (QED) is 0.767. The molecule has 2 aromatic carbocycles. The van der Waals surface area contributed by atoms with Crippen LogP contribution < -0.4 is 10.1 Å². The Bertz CT molecular complexity index is 708. The number of ether oxygens (including phenoxy) is 1. The van der Waals surface area contributed by atoms with Crippen LogP contribution in [0.4, 0.5) is 0 Å². The van der Waals surface area contributed by atoms with Gasteiger partial charge in [-0.05, 0) is 29.3 Å². The predicted octanol–water partition coefficient (Wildman–Crippen LogP) is 2.52. The van der Waals surface area contributed by atoms with Crippen LogP contribution in [-0.2, 0) is 16.0 Å². The Hall–Kier alpha value is -3.08. The first-order valence-electron chi connectivity index (χ1n) is 7.48. The molecule has 0 radical (unpaired) electrons. The first-order chi connectivity index (χ1) is 11.6. The van der Waals surface area contributed by atoms with E-state index in [1.165, 1.54) is 6.08 Å². The van der Waals surface area contributed by atoms with Gasteiger partial charge in [-0.15, -0.1) is 0 Å². The van der Waals surface area contributed by atoms with E-state index >= 15 is 0 Å². The van der Waals surface area contributed by atoms with Crippen LogP contribution in [0, 0.1) is 0 Å². The molecule has 2 N–H and O–H groups in total. The summed E-state index contributed by atoms with van der Waals surface area (Å²) < 4.78 is 5.06. The smallest absolute Gasteiger partial charge is 0.326 e. The summed E-state index contributed by atoms with van der Waals surface area (Å²) in [6, 6.07) is 15.4. The second-order valence-corrected chi connectivity index (χ2v) is 5.20. The van der Waals surface area contributed by atoms with E-state index in [1.54, 1.807) is 37.5 Å². The highest BCUT2D eigenvalue weighted by molar-refractivity contribution is 5.94. The van der Waals surface area contributed by atoms with Crippen molar-refractivity contribution in [2.24, 2.45) is 0 Å². The van der Waals surface area contributed by atoms with Crippen LogP contribution in [0.15, 0.2) is 60.7 Å². The molecule has 0 fully saturated rings. The molecule has 0 aliphatic rings. The summed E-state index contributed by atoms with van der Waals surface area (Å²) in [4.78, 5) is 23.3. The fourth-order valence-electron chi connectivity index (χ4n) is 2.16. The van der Waals surface area contributed by atoms with Gasteiger partial charge in [0.05, 0.1) is 7.11 Å². The van der Waals surface area contributed by atoms with Gasteiger partial charge >= 0.3 is 5.97 Å². The van der Waals surface area contributed by atoms with Crippen molar-refractivity contribution in [3.05, 3.63) is 71.8 Å². The molecule has 124 valence electrons. The lowest BCUT2D eigenvalue weighted by atomic mass is 10.1. The van der Waals surface area contributed by atoms with E-state index in [1.807, 2.05) is 30.3 Å². The number of benzene rings is 2. The van der Waals surface area contributed by atoms with Crippen molar-refractivity contribution in [1.29, 1.82) is 0 Å². The van der Waals surface area contributed by atoms with Crippen LogP contribution in [0.2, 0.25) is 0 Å². The molecule has 1 amide bonds. The maximum atomic E-state index is 12.0. The molecule has 0 bridgehead atoms. The lowest BCUT2D eigenvalue weighted by molar-refractivity contribution is -0.141. The van der Waals surface area contributed by atoms with Crippen LogP contribution in [0.5, 0.6) is 5.75 Å². The summed E-state index contributed by atoms with van der Waals surface area (Å²) in [7, 11) is 1.58. The first-order valence-corrected chi connectivity index (χ1v) is 7.48. The fourth-order valence-corrected chi connectivity index (χ4v) is 2.16. The van der Waals surface area contributed by atoms with Gasteiger partial charge in [0.25, 0.3) is 0 Å². The van der Waals surface area contributed by atoms with Crippen molar-refractivity contribution in [1.82, 2.24) is 5.32 Å². The van der Waals surface area contributed by atoms with Gasteiger partial charge in [-0.2, -0.15) is 0 Å². The number of carboxylic acid groups (broad SMARTS) is 1. The van der Waals surface area contributed by atoms with Gasteiger partial charge in [-0.1, -0.05) is 42.5 Å². The number of carbonyl (C=O) groups excluding carboxylic acids is 1. The van der Waals surface area contributed by atoms with E-state index in [0.717, 1.165) is 16.9 Å². The fraction of sp³-hybridized carbons (Fsp3) is 0.158. The molecule has 24 heavy (non-hydrogen) atoms. The third-order valence-corrected chi connectivity index (χ3v) is 3.44. The van der Waals surface area contributed by atoms with E-state index in [2.05, 4.69) is 5.32 Å². The lowest BCUT2D eigenvalue weighted by Crippen LogP contribution is -2.41. The van der Waals surface area contributed by atoms with Crippen molar-refractivity contribution in [3.8, 4) is 5.75 Å². The Morgan fingerprint density at radius 2 is 1.79 bits per heavy atom. The standard InChI is InChI=1S/C19H19NO4/c1-24-16-10-7-14(8-11-16)9-12-18(21)20-17(19(22)23)13-15-5-3-2-4-6-15/h2-12,17H,13H2,1H3,(H,20,21)(H,22,23)/b12-9+/t17-/m0/s1. The molecule has 0 aliphatic carbocycles. The molecular weight excluding hydrogens is 306 g/mol. The average molecular weight is 325 g/mol. The van der Waals surface area contributed by atoms with Crippen molar-refractivity contribution < 1.29 is 19.4 Å². The Labute approximate surface area is 140 Å². The second-order valence-electron chi connectivity index (χ2n) is 5.20. The third-order valence-electron chi connectivity index (χ3n) is 3.44. The Morgan fingerprint density at radius 1 is 1.12 bits per heavy atom. The minimum Gasteiger partial charge on any atom is -0.497 e. The first kappa shape index (κ1) is 17.3. The van der Waals surface area contributed by atoms with E-state index in [4.69, 9.17) is 4.74 Å². The topological polar surface area (TPSA) is 75.6 Å². The third kappa shape index (κ3) is 5.28.